The van der Waals surface area contributed by atoms with E-state index in [4.69, 9.17) is 19.9 Å². The number of rotatable bonds is 6. The quantitative estimate of drug-likeness (QED) is 0.133. The molecule has 4 aliphatic heterocycles. The second-order valence-electron chi connectivity index (χ2n) is 53.4. The molecule has 6 aliphatic rings. The van der Waals surface area contributed by atoms with Crippen LogP contribution >= 0.6 is 0 Å². The molecule has 0 saturated carbocycles. The molecule has 12 aromatic rings. The lowest BCUT2D eigenvalue weighted by Crippen LogP contribution is -2.38. The SMILES string of the molecule is CC(C)(C)c1cc(-c2c3nc(c(-c4cc(C(C)(C)C)cc(C(C)(C)C)c4)c4ccc([nH]4)c4c5nc(c(-c6cc(C(C)(C)C)cc(C(C)(C)C)c6)c6ccc2[nH]6)C=C5C2(C)c5cc6[nH]c5c(c5nc(c(-c7cc(C(C)(C)C)cc(C(C)(C)C)c7)c7ccc([nH]7)c(-c7cc(C(C)(C)C)cc(C(C)(C)C)c7)c7nc(c6-c6cc(C(C)(C)C)cc(C(C)(C)C)c6)C=C7)C=C5)C42C)C=C3)cc(C(C)(C)C)c1. The van der Waals surface area contributed by atoms with Crippen LogP contribution in [0.5, 0.6) is 0 Å². The largest absolute Gasteiger partial charge is 0.355 e. The summed E-state index contributed by atoms with van der Waals surface area (Å²) < 4.78 is 0. The molecule has 16 bridgehead atoms. The Hall–Kier alpha value is -11.5. The third kappa shape index (κ3) is 16.5. The second kappa shape index (κ2) is 31.0. The van der Waals surface area contributed by atoms with Crippen LogP contribution in [0.2, 0.25) is 0 Å². The number of H-pyrrole nitrogens is 4. The van der Waals surface area contributed by atoms with Crippen LogP contribution in [0.3, 0.4) is 0 Å². The van der Waals surface area contributed by atoms with Crippen LogP contribution in [0.1, 0.15) is 392 Å². The maximum atomic E-state index is 6.52. The fraction of sp³-hybridized carbons (Fsp3) is 0.406. The molecule has 0 amide bonds. The topological polar surface area (TPSA) is 115 Å². The zero-order valence-electron chi connectivity index (χ0n) is 89.3. The molecule has 0 saturated heterocycles. The average molecular weight is 1800 g/mol. The first-order valence-electron chi connectivity index (χ1n) is 50.0. The van der Waals surface area contributed by atoms with E-state index in [2.05, 4.69) is 477 Å². The number of nitrogens with one attached hydrogen (secondary N) is 4. The first-order chi connectivity index (χ1) is 62.6. The predicted octanol–water partition coefficient (Wildman–Crippen LogP) is 35.2. The Balaban J connectivity index is 1.08. The number of nitrogens with zero attached hydrogens (tertiary/aromatic N) is 4. The lowest BCUT2D eigenvalue weighted by Gasteiger charge is -2.38. The summed E-state index contributed by atoms with van der Waals surface area (Å²) >= 11 is 0. The van der Waals surface area contributed by atoms with Crippen molar-refractivity contribution in [3.8, 4) is 66.8 Å². The Bertz CT molecular complexity index is 7370. The van der Waals surface area contributed by atoms with Crippen molar-refractivity contribution in [2.24, 2.45) is 0 Å². The summed E-state index contributed by atoms with van der Waals surface area (Å²) in [7, 11) is 0. The van der Waals surface area contributed by atoms with Gasteiger partial charge in [0.2, 0.25) is 0 Å². The van der Waals surface area contributed by atoms with E-state index in [0.717, 1.165) is 173 Å². The van der Waals surface area contributed by atoms with Gasteiger partial charge in [0, 0.05) is 99.5 Å². The van der Waals surface area contributed by atoms with Gasteiger partial charge in [-0.2, -0.15) is 0 Å². The van der Waals surface area contributed by atoms with E-state index in [1.54, 1.807) is 0 Å². The van der Waals surface area contributed by atoms with Gasteiger partial charge in [-0.25, -0.2) is 19.9 Å². The molecule has 8 nitrogen and oxygen atoms in total. The lowest BCUT2D eigenvalue weighted by atomic mass is 9.62. The Labute approximate surface area is 813 Å². The zero-order valence-corrected chi connectivity index (χ0v) is 89.3. The minimum absolute atomic E-state index is 0.174. The van der Waals surface area contributed by atoms with Crippen LogP contribution in [-0.4, -0.2) is 39.9 Å². The van der Waals surface area contributed by atoms with Crippen molar-refractivity contribution in [2.75, 3.05) is 0 Å². The fourth-order valence-electron chi connectivity index (χ4n) is 21.3. The van der Waals surface area contributed by atoms with E-state index < -0.39 is 10.8 Å². The van der Waals surface area contributed by atoms with Gasteiger partial charge in [-0.05, 0) is 268 Å². The highest BCUT2D eigenvalue weighted by molar-refractivity contribution is 6.10. The molecular formula is C128H150N8. The Morgan fingerprint density at radius 1 is 0.199 bits per heavy atom. The van der Waals surface area contributed by atoms with Gasteiger partial charge in [0.05, 0.1) is 45.6 Å². The average Bonchev–Trinajstić information content (AvgIpc) is 1.47. The molecule has 702 valence electrons. The minimum Gasteiger partial charge on any atom is -0.355 e. The zero-order chi connectivity index (χ0) is 98.7. The third-order valence-electron chi connectivity index (χ3n) is 30.5. The van der Waals surface area contributed by atoms with Gasteiger partial charge >= 0.3 is 0 Å². The second-order valence-corrected chi connectivity index (χ2v) is 53.4. The van der Waals surface area contributed by atoms with Gasteiger partial charge in [-0.3, -0.25) is 0 Å². The highest BCUT2D eigenvalue weighted by atomic mass is 14.9. The number of benzene rings is 6. The van der Waals surface area contributed by atoms with Crippen molar-refractivity contribution < 1.29 is 0 Å². The van der Waals surface area contributed by atoms with Crippen molar-refractivity contribution >= 4 is 92.2 Å². The van der Waals surface area contributed by atoms with Crippen LogP contribution in [0.15, 0.2) is 152 Å². The van der Waals surface area contributed by atoms with E-state index in [-0.39, 0.29) is 65.0 Å². The summed E-state index contributed by atoms with van der Waals surface area (Å²) in [6.45, 7) is 89.7. The van der Waals surface area contributed by atoms with Crippen LogP contribution < -0.4 is 0 Å². The summed E-state index contributed by atoms with van der Waals surface area (Å²) in [6.07, 6.45) is 16.4. The normalized spacial score (nSPS) is 16.6. The molecule has 8 heteroatoms. The van der Waals surface area contributed by atoms with Crippen molar-refractivity contribution in [2.45, 2.75) is 339 Å². The van der Waals surface area contributed by atoms with Crippen LogP contribution in [0.4, 0.5) is 0 Å². The van der Waals surface area contributed by atoms with E-state index >= 15 is 0 Å². The molecule has 4 N–H and O–H groups in total. The highest BCUT2D eigenvalue weighted by Gasteiger charge is 2.65. The summed E-state index contributed by atoms with van der Waals surface area (Å²) in [5, 5.41) is 0. The van der Waals surface area contributed by atoms with Gasteiger partial charge in [-0.1, -0.05) is 365 Å². The third-order valence-corrected chi connectivity index (χ3v) is 30.5. The summed E-state index contributed by atoms with van der Waals surface area (Å²) in [4.78, 5) is 42.8. The van der Waals surface area contributed by atoms with Gasteiger partial charge in [0.15, 0.2) is 0 Å². The smallest absolute Gasteiger partial charge is 0.0741 e. The molecule has 18 rings (SSSR count). The molecule has 0 radical (unpaired) electrons. The molecule has 2 unspecified atom stereocenters. The molecule has 6 aromatic carbocycles. The van der Waals surface area contributed by atoms with Gasteiger partial charge in [0.25, 0.3) is 0 Å². The van der Waals surface area contributed by atoms with Gasteiger partial charge in [-0.15, -0.1) is 0 Å². The van der Waals surface area contributed by atoms with E-state index in [9.17, 15) is 0 Å². The number of fused-ring (bicyclic) bond motifs is 21. The molecule has 2 atom stereocenters. The number of hydrogen-bond donors (Lipinski definition) is 4. The highest BCUT2D eigenvalue weighted by Crippen LogP contribution is 2.70. The van der Waals surface area contributed by atoms with E-state index in [1.165, 1.54) is 72.3 Å². The maximum absolute atomic E-state index is 6.52. The number of allylic oxidation sites excluding steroid dienone is 1. The van der Waals surface area contributed by atoms with Crippen LogP contribution in [-0.2, 0) is 75.8 Å². The first kappa shape index (κ1) is 94.9. The first-order valence-corrected chi connectivity index (χ1v) is 50.0. The number of aromatic amines is 4. The molecule has 0 fully saturated rings. The Kier molecular flexibility index (Phi) is 21.6. The molecule has 6 aromatic heterocycles. The Morgan fingerprint density at radius 3 is 0.647 bits per heavy atom. The monoisotopic (exact) mass is 1800 g/mol. The summed E-state index contributed by atoms with van der Waals surface area (Å²) in [5.74, 6) is 0. The van der Waals surface area contributed by atoms with Gasteiger partial charge < -0.3 is 19.9 Å². The standard InChI is InChI=1S/C128H150N8/c1-115(2,3)77-51-71(52-78(63-77)116(4,5)6)105-91-39-41-95(129-91)107(73-55-81(119(13,14)15)65-82(56-73)120(16,17)18)97-47-49-101(133-97)111-113-89(69-103(135-113)109(99-45-43-93(105)131-99)75-59-85(123(25,26)27)67-86(60-75)124(28,29)30)127(37)90-70-104-110(76-61-87(125(31,32)33)68-88(62-76)126(34,35)36)100-46-44-94(132-100)106(72-53-79(117(7,8)9)64-80(54-72)118(10,11)12)92-40-42-96(130-92)108(74-57-83(121(19,20)21)66-84(58-74)122(22,23)24)98-48-50-102(134-98)112(114(90)136-104)128(111,127)38/h39-70,129,132,134-135H,1-38H3. The van der Waals surface area contributed by atoms with Crippen molar-refractivity contribution in [3.63, 3.8) is 0 Å². The summed E-state index contributed by atoms with van der Waals surface area (Å²) in [6, 6.07) is 60.7. The molecule has 10 heterocycles. The molecule has 136 heavy (non-hydrogen) atoms. The van der Waals surface area contributed by atoms with Crippen LogP contribution in [0, 0.1) is 0 Å². The van der Waals surface area contributed by atoms with Crippen molar-refractivity contribution in [1.82, 2.24) is 39.9 Å². The lowest BCUT2D eigenvalue weighted by molar-refractivity contribution is 0.431. The van der Waals surface area contributed by atoms with E-state index in [1.807, 2.05) is 0 Å². The van der Waals surface area contributed by atoms with Crippen LogP contribution in [0.25, 0.3) is 159 Å². The molecular weight excluding hydrogens is 1650 g/mol. The molecule has 2 aliphatic carbocycles. The number of hydrogen-bond acceptors (Lipinski definition) is 4. The van der Waals surface area contributed by atoms with Crippen molar-refractivity contribution in [1.29, 1.82) is 0 Å². The van der Waals surface area contributed by atoms with Gasteiger partial charge in [0.1, 0.15) is 0 Å². The van der Waals surface area contributed by atoms with Crippen molar-refractivity contribution in [3.05, 3.63) is 281 Å². The molecule has 0 spiro atoms. The maximum Gasteiger partial charge on any atom is 0.0741 e. The minimum atomic E-state index is -0.916. The Morgan fingerprint density at radius 2 is 0.404 bits per heavy atom. The summed E-state index contributed by atoms with van der Waals surface area (Å²) in [5.41, 5.74) is 43.3. The predicted molar refractivity (Wildman–Crippen MR) is 587 cm³/mol. The fourth-order valence-corrected chi connectivity index (χ4v) is 21.3. The number of aromatic nitrogens is 8. The van der Waals surface area contributed by atoms with E-state index in [0.29, 0.717) is 0 Å².